The highest BCUT2D eigenvalue weighted by atomic mass is 15.2. The van der Waals surface area contributed by atoms with E-state index in [1.807, 2.05) is 7.05 Å². The van der Waals surface area contributed by atoms with Crippen molar-refractivity contribution in [3.8, 4) is 0 Å². The second-order valence-corrected chi connectivity index (χ2v) is 7.20. The number of guanidine groups is 1. The van der Waals surface area contributed by atoms with E-state index < -0.39 is 0 Å². The maximum Gasteiger partial charge on any atom is 0.191 e. The minimum atomic E-state index is 0.213. The molecule has 2 atom stereocenters. The van der Waals surface area contributed by atoms with Gasteiger partial charge in [-0.1, -0.05) is 36.4 Å². The molecule has 2 aromatic rings. The molecule has 0 spiro atoms. The molecule has 0 radical (unpaired) electrons. The Morgan fingerprint density at radius 3 is 2.80 bits per heavy atom. The number of hydrogen-bond acceptors (Lipinski definition) is 2. The average molecular weight is 338 g/mol. The number of hydrogen-bond donors (Lipinski definition) is 2. The van der Waals surface area contributed by atoms with Gasteiger partial charge >= 0.3 is 0 Å². The predicted molar refractivity (Wildman–Crippen MR) is 107 cm³/mol. The van der Waals surface area contributed by atoms with E-state index in [9.17, 15) is 0 Å². The van der Waals surface area contributed by atoms with Crippen LogP contribution in [0.4, 0.5) is 0 Å². The van der Waals surface area contributed by atoms with Crippen LogP contribution in [0.15, 0.2) is 47.5 Å². The lowest BCUT2D eigenvalue weighted by molar-refractivity contribution is 0.210. The monoisotopic (exact) mass is 338 g/mol. The Morgan fingerprint density at radius 1 is 1.24 bits per heavy atom. The van der Waals surface area contributed by atoms with Crippen molar-refractivity contribution in [1.29, 1.82) is 0 Å². The summed E-state index contributed by atoms with van der Waals surface area (Å²) in [4.78, 5) is 6.82. The zero-order valence-electron chi connectivity index (χ0n) is 15.6. The molecular formula is C21H30N4. The van der Waals surface area contributed by atoms with Crippen LogP contribution in [-0.2, 0) is 0 Å². The molecule has 1 aliphatic heterocycles. The van der Waals surface area contributed by atoms with E-state index in [4.69, 9.17) is 0 Å². The Labute approximate surface area is 151 Å². The predicted octanol–water partition coefficient (Wildman–Crippen LogP) is 3.41. The van der Waals surface area contributed by atoms with Gasteiger partial charge in [-0.3, -0.25) is 4.99 Å². The van der Waals surface area contributed by atoms with Gasteiger partial charge in [0.2, 0.25) is 0 Å². The van der Waals surface area contributed by atoms with Gasteiger partial charge in [-0.25, -0.2) is 0 Å². The first-order chi connectivity index (χ1) is 12.2. The third-order valence-corrected chi connectivity index (χ3v) is 5.13. The van der Waals surface area contributed by atoms with Crippen LogP contribution in [-0.4, -0.2) is 44.6 Å². The summed E-state index contributed by atoms with van der Waals surface area (Å²) in [6, 6.07) is 15.3. The Bertz CT molecular complexity index is 725. The lowest BCUT2D eigenvalue weighted by Gasteiger charge is -2.30. The molecule has 1 aliphatic rings. The van der Waals surface area contributed by atoms with E-state index in [0.29, 0.717) is 5.92 Å². The minimum Gasteiger partial charge on any atom is -0.356 e. The number of aliphatic imine (C=N–C) groups is 1. The fourth-order valence-electron chi connectivity index (χ4n) is 3.64. The van der Waals surface area contributed by atoms with Crippen molar-refractivity contribution in [2.75, 3.05) is 33.7 Å². The summed E-state index contributed by atoms with van der Waals surface area (Å²) in [5.74, 6) is 1.59. The van der Waals surface area contributed by atoms with Crippen molar-refractivity contribution in [1.82, 2.24) is 15.5 Å². The normalized spacial score (nSPS) is 20.4. The summed E-state index contributed by atoms with van der Waals surface area (Å²) in [5, 5.41) is 9.59. The highest BCUT2D eigenvalue weighted by molar-refractivity contribution is 5.84. The van der Waals surface area contributed by atoms with E-state index in [1.165, 1.54) is 42.3 Å². The first kappa shape index (κ1) is 17.7. The van der Waals surface area contributed by atoms with E-state index in [0.717, 1.165) is 12.5 Å². The molecule has 0 bridgehead atoms. The van der Waals surface area contributed by atoms with E-state index >= 15 is 0 Å². The number of nitrogens with zero attached hydrogens (tertiary/aromatic N) is 2. The van der Waals surface area contributed by atoms with Gasteiger partial charge in [-0.15, -0.1) is 0 Å². The third kappa shape index (κ3) is 4.73. The van der Waals surface area contributed by atoms with Gasteiger partial charge in [-0.05, 0) is 61.7 Å². The molecule has 3 rings (SSSR count). The Balaban J connectivity index is 1.58. The molecule has 4 heteroatoms. The van der Waals surface area contributed by atoms with Crippen LogP contribution < -0.4 is 10.6 Å². The summed E-state index contributed by atoms with van der Waals surface area (Å²) in [6.45, 7) is 5.56. The Hall–Kier alpha value is -2.07. The van der Waals surface area contributed by atoms with Gasteiger partial charge in [0.25, 0.3) is 0 Å². The molecular weight excluding hydrogens is 308 g/mol. The van der Waals surface area contributed by atoms with Gasteiger partial charge in [0.15, 0.2) is 5.96 Å². The second kappa shape index (κ2) is 8.34. The summed E-state index contributed by atoms with van der Waals surface area (Å²) < 4.78 is 0. The standard InChI is InChI=1S/C21H30N4/c1-16(19-11-10-18-8-4-5-9-20(18)13-19)24-21(22-2)23-14-17-7-6-12-25(3)15-17/h4-5,8-11,13,16-17H,6-7,12,14-15H2,1-3H3,(H2,22,23,24). The maximum atomic E-state index is 4.40. The van der Waals surface area contributed by atoms with Crippen LogP contribution in [0.3, 0.4) is 0 Å². The van der Waals surface area contributed by atoms with Crippen LogP contribution in [0.5, 0.6) is 0 Å². The van der Waals surface area contributed by atoms with E-state index in [2.05, 4.69) is 77.0 Å². The SMILES string of the molecule is CN=C(NCC1CCCN(C)C1)NC(C)c1ccc2ccccc2c1. The van der Waals surface area contributed by atoms with Gasteiger partial charge in [-0.2, -0.15) is 0 Å². The first-order valence-corrected chi connectivity index (χ1v) is 9.30. The number of fused-ring (bicyclic) bond motifs is 1. The fraction of sp³-hybridized carbons (Fsp3) is 0.476. The van der Waals surface area contributed by atoms with Gasteiger partial charge in [0.1, 0.15) is 0 Å². The van der Waals surface area contributed by atoms with E-state index in [1.54, 1.807) is 0 Å². The maximum absolute atomic E-state index is 4.40. The molecule has 4 nitrogen and oxygen atoms in total. The first-order valence-electron chi connectivity index (χ1n) is 9.30. The molecule has 1 fully saturated rings. The van der Waals surface area contributed by atoms with E-state index in [-0.39, 0.29) is 6.04 Å². The van der Waals surface area contributed by atoms with Crippen molar-refractivity contribution < 1.29 is 0 Å². The highest BCUT2D eigenvalue weighted by Gasteiger charge is 2.17. The number of piperidine rings is 1. The smallest absolute Gasteiger partial charge is 0.191 e. The largest absolute Gasteiger partial charge is 0.356 e. The van der Waals surface area contributed by atoms with Gasteiger partial charge < -0.3 is 15.5 Å². The van der Waals surface area contributed by atoms with Crippen molar-refractivity contribution in [3.05, 3.63) is 48.0 Å². The number of rotatable bonds is 4. The average Bonchev–Trinajstić information content (AvgIpc) is 2.64. The summed E-state index contributed by atoms with van der Waals surface area (Å²) in [6.07, 6.45) is 2.59. The Kier molecular flexibility index (Phi) is 5.92. The topological polar surface area (TPSA) is 39.7 Å². The molecule has 2 aromatic carbocycles. The van der Waals surface area contributed by atoms with Gasteiger partial charge in [0, 0.05) is 20.1 Å². The number of nitrogens with one attached hydrogen (secondary N) is 2. The molecule has 134 valence electrons. The van der Waals surface area contributed by atoms with Crippen molar-refractivity contribution >= 4 is 16.7 Å². The molecule has 1 saturated heterocycles. The number of benzene rings is 2. The molecule has 0 aliphatic carbocycles. The van der Waals surface area contributed by atoms with Crippen LogP contribution in [0.25, 0.3) is 10.8 Å². The van der Waals surface area contributed by atoms with Crippen molar-refractivity contribution in [2.24, 2.45) is 10.9 Å². The zero-order chi connectivity index (χ0) is 17.6. The minimum absolute atomic E-state index is 0.213. The van der Waals surface area contributed by atoms with Crippen LogP contribution in [0, 0.1) is 5.92 Å². The molecule has 0 amide bonds. The van der Waals surface area contributed by atoms with Crippen LogP contribution in [0.2, 0.25) is 0 Å². The molecule has 2 unspecified atom stereocenters. The van der Waals surface area contributed by atoms with Crippen molar-refractivity contribution in [3.63, 3.8) is 0 Å². The second-order valence-electron chi connectivity index (χ2n) is 7.20. The molecule has 1 heterocycles. The highest BCUT2D eigenvalue weighted by Crippen LogP contribution is 2.20. The zero-order valence-corrected chi connectivity index (χ0v) is 15.6. The summed E-state index contributed by atoms with van der Waals surface area (Å²) >= 11 is 0. The summed E-state index contributed by atoms with van der Waals surface area (Å²) in [5.41, 5.74) is 1.28. The third-order valence-electron chi connectivity index (χ3n) is 5.13. The van der Waals surface area contributed by atoms with Gasteiger partial charge in [0.05, 0.1) is 6.04 Å². The Morgan fingerprint density at radius 2 is 2.04 bits per heavy atom. The van der Waals surface area contributed by atoms with Crippen molar-refractivity contribution in [2.45, 2.75) is 25.8 Å². The lowest BCUT2D eigenvalue weighted by atomic mass is 9.98. The molecule has 0 aromatic heterocycles. The number of likely N-dealkylation sites (tertiary alicyclic amines) is 1. The lowest BCUT2D eigenvalue weighted by Crippen LogP contribution is -2.44. The molecule has 25 heavy (non-hydrogen) atoms. The fourth-order valence-corrected chi connectivity index (χ4v) is 3.64. The quantitative estimate of drug-likeness (QED) is 0.663. The van der Waals surface area contributed by atoms with Crippen LogP contribution >= 0.6 is 0 Å². The van der Waals surface area contributed by atoms with Crippen LogP contribution in [0.1, 0.15) is 31.4 Å². The summed E-state index contributed by atoms with van der Waals surface area (Å²) in [7, 11) is 4.05. The molecule has 2 N–H and O–H groups in total. The molecule has 0 saturated carbocycles.